The van der Waals surface area contributed by atoms with Crippen LogP contribution >= 0.6 is 0 Å². The van der Waals surface area contributed by atoms with Crippen LogP contribution < -0.4 is 0 Å². The predicted molar refractivity (Wildman–Crippen MR) is 134 cm³/mol. The Hall–Kier alpha value is -2.31. The summed E-state index contributed by atoms with van der Waals surface area (Å²) in [6.07, 6.45) is 8.31. The summed E-state index contributed by atoms with van der Waals surface area (Å²) in [6.45, 7) is 5.87. The van der Waals surface area contributed by atoms with E-state index in [9.17, 15) is 13.6 Å². The lowest BCUT2D eigenvalue weighted by Gasteiger charge is -2.32. The molecule has 0 radical (unpaired) electrons. The van der Waals surface area contributed by atoms with Gasteiger partial charge in [0.25, 0.3) is 0 Å². The third kappa shape index (κ3) is 9.69. The minimum Gasteiger partial charge on any atom is -0.466 e. The summed E-state index contributed by atoms with van der Waals surface area (Å²) in [4.78, 5) is 13.8. The van der Waals surface area contributed by atoms with Gasteiger partial charge in [-0.15, -0.1) is 0 Å². The maximum absolute atomic E-state index is 13.4. The van der Waals surface area contributed by atoms with Crippen LogP contribution in [0.4, 0.5) is 8.78 Å². The molecule has 0 unspecified atom stereocenters. The van der Waals surface area contributed by atoms with Crippen LogP contribution in [0.15, 0.2) is 48.5 Å². The van der Waals surface area contributed by atoms with E-state index in [4.69, 9.17) is 9.47 Å². The fraction of sp³-hybridized carbons (Fsp3) is 0.552. The van der Waals surface area contributed by atoms with E-state index >= 15 is 0 Å². The molecule has 0 atom stereocenters. The van der Waals surface area contributed by atoms with Gasteiger partial charge < -0.3 is 14.4 Å². The molecule has 6 heteroatoms. The molecule has 0 bridgehead atoms. The Morgan fingerprint density at radius 1 is 0.914 bits per heavy atom. The zero-order valence-electron chi connectivity index (χ0n) is 20.9. The number of hydrogen-bond donors (Lipinski definition) is 0. The number of halogens is 2. The SMILES string of the molecule is CCOC(=O)CCCCCCC1CCN(CCOC(c2ccc(F)cc2)c2ccc(F)cc2)CC1. The summed E-state index contributed by atoms with van der Waals surface area (Å²) >= 11 is 0. The molecule has 0 saturated carbocycles. The number of likely N-dealkylation sites (tertiary alicyclic amines) is 1. The van der Waals surface area contributed by atoms with Crippen LogP contribution in [-0.4, -0.2) is 43.7 Å². The zero-order chi connectivity index (χ0) is 24.9. The summed E-state index contributed by atoms with van der Waals surface area (Å²) in [6, 6.07) is 12.6. The molecule has 1 fully saturated rings. The standard InChI is InChI=1S/C29H39F2NO3/c1-2-34-28(33)8-6-4-3-5-7-23-17-19-32(20-18-23)21-22-35-29(24-9-13-26(30)14-10-24)25-11-15-27(31)16-12-25/h9-16,23,29H,2-8,17-22H2,1H3. The van der Waals surface area contributed by atoms with Crippen molar-refractivity contribution in [3.05, 3.63) is 71.3 Å². The van der Waals surface area contributed by atoms with Crippen LogP contribution in [0.1, 0.15) is 75.5 Å². The summed E-state index contributed by atoms with van der Waals surface area (Å²) in [5.41, 5.74) is 1.72. The van der Waals surface area contributed by atoms with E-state index < -0.39 is 0 Å². The number of carbonyl (C=O) groups excluding carboxylic acids is 1. The minimum absolute atomic E-state index is 0.0782. The van der Waals surface area contributed by atoms with Gasteiger partial charge in [-0.3, -0.25) is 4.79 Å². The largest absolute Gasteiger partial charge is 0.466 e. The normalized spacial score (nSPS) is 15.0. The van der Waals surface area contributed by atoms with Gasteiger partial charge in [-0.25, -0.2) is 8.78 Å². The van der Waals surface area contributed by atoms with Crippen molar-refractivity contribution in [3.63, 3.8) is 0 Å². The summed E-state index contributed by atoms with van der Waals surface area (Å²) in [5.74, 6) is 0.131. The van der Waals surface area contributed by atoms with Crippen LogP contribution in [0, 0.1) is 17.6 Å². The third-order valence-electron chi connectivity index (χ3n) is 6.79. The Bertz CT molecular complexity index is 819. The summed E-state index contributed by atoms with van der Waals surface area (Å²) < 4.78 is 38.0. The van der Waals surface area contributed by atoms with Gasteiger partial charge in [-0.2, -0.15) is 0 Å². The maximum atomic E-state index is 13.4. The Labute approximate surface area is 208 Å². The molecule has 2 aromatic carbocycles. The number of hydrogen-bond acceptors (Lipinski definition) is 4. The van der Waals surface area contributed by atoms with Crippen molar-refractivity contribution in [2.45, 2.75) is 64.4 Å². The number of piperidine rings is 1. The van der Waals surface area contributed by atoms with Gasteiger partial charge in [-0.1, -0.05) is 49.9 Å². The van der Waals surface area contributed by atoms with Crippen molar-refractivity contribution in [3.8, 4) is 0 Å². The molecule has 1 heterocycles. The highest BCUT2D eigenvalue weighted by molar-refractivity contribution is 5.69. The molecule has 0 amide bonds. The average molecular weight is 488 g/mol. The lowest BCUT2D eigenvalue weighted by molar-refractivity contribution is -0.143. The monoisotopic (exact) mass is 487 g/mol. The molecule has 0 aromatic heterocycles. The van der Waals surface area contributed by atoms with Crippen molar-refractivity contribution in [1.29, 1.82) is 0 Å². The van der Waals surface area contributed by atoms with Gasteiger partial charge in [0.05, 0.1) is 13.2 Å². The van der Waals surface area contributed by atoms with Gasteiger partial charge in [0, 0.05) is 13.0 Å². The number of rotatable bonds is 14. The summed E-state index contributed by atoms with van der Waals surface area (Å²) in [5, 5.41) is 0. The Morgan fingerprint density at radius 2 is 1.49 bits per heavy atom. The van der Waals surface area contributed by atoms with Crippen LogP contribution in [0.3, 0.4) is 0 Å². The second-order valence-corrected chi connectivity index (χ2v) is 9.40. The van der Waals surface area contributed by atoms with Crippen LogP contribution in [0.25, 0.3) is 0 Å². The molecular weight excluding hydrogens is 448 g/mol. The molecule has 192 valence electrons. The summed E-state index contributed by atoms with van der Waals surface area (Å²) in [7, 11) is 0. The Kier molecular flexibility index (Phi) is 11.6. The Morgan fingerprint density at radius 3 is 2.06 bits per heavy atom. The number of esters is 1. The smallest absolute Gasteiger partial charge is 0.305 e. The molecule has 1 aliphatic rings. The molecule has 1 aliphatic heterocycles. The molecule has 0 N–H and O–H groups in total. The number of unbranched alkanes of at least 4 members (excludes halogenated alkanes) is 3. The lowest BCUT2D eigenvalue weighted by Crippen LogP contribution is -2.36. The van der Waals surface area contributed by atoms with Gasteiger partial charge in [-0.05, 0) is 80.6 Å². The topological polar surface area (TPSA) is 38.8 Å². The second-order valence-electron chi connectivity index (χ2n) is 9.40. The van der Waals surface area contributed by atoms with Gasteiger partial charge in [0.15, 0.2) is 0 Å². The zero-order valence-corrected chi connectivity index (χ0v) is 20.9. The average Bonchev–Trinajstić information content (AvgIpc) is 2.86. The molecule has 0 spiro atoms. The fourth-order valence-electron chi connectivity index (χ4n) is 4.75. The van der Waals surface area contributed by atoms with Crippen molar-refractivity contribution in [2.75, 3.05) is 32.8 Å². The molecule has 2 aromatic rings. The Balaban J connectivity index is 1.35. The van der Waals surface area contributed by atoms with E-state index in [1.165, 1.54) is 56.4 Å². The predicted octanol–water partition coefficient (Wildman–Crippen LogP) is 6.69. The van der Waals surface area contributed by atoms with E-state index in [0.29, 0.717) is 19.6 Å². The second kappa shape index (κ2) is 14.9. The fourth-order valence-corrected chi connectivity index (χ4v) is 4.75. The van der Waals surface area contributed by atoms with Crippen LogP contribution in [0.2, 0.25) is 0 Å². The number of carbonyl (C=O) groups is 1. The maximum Gasteiger partial charge on any atom is 0.305 e. The molecule has 1 saturated heterocycles. The molecule has 35 heavy (non-hydrogen) atoms. The van der Waals surface area contributed by atoms with Gasteiger partial charge in [0.1, 0.15) is 17.7 Å². The van der Waals surface area contributed by atoms with Gasteiger partial charge >= 0.3 is 5.97 Å². The first kappa shape index (κ1) is 27.3. The minimum atomic E-state index is -0.349. The molecular formula is C29H39F2NO3. The van der Waals surface area contributed by atoms with Crippen LogP contribution in [-0.2, 0) is 14.3 Å². The van der Waals surface area contributed by atoms with Crippen molar-refractivity contribution < 1.29 is 23.0 Å². The van der Waals surface area contributed by atoms with Crippen molar-refractivity contribution >= 4 is 5.97 Å². The first-order valence-corrected chi connectivity index (χ1v) is 13.1. The van der Waals surface area contributed by atoms with E-state index in [1.807, 2.05) is 6.92 Å². The van der Waals surface area contributed by atoms with E-state index in [0.717, 1.165) is 49.5 Å². The molecule has 0 aliphatic carbocycles. The van der Waals surface area contributed by atoms with Crippen molar-refractivity contribution in [2.24, 2.45) is 5.92 Å². The van der Waals surface area contributed by atoms with Gasteiger partial charge in [0.2, 0.25) is 0 Å². The lowest BCUT2D eigenvalue weighted by atomic mass is 9.91. The highest BCUT2D eigenvalue weighted by atomic mass is 19.1. The van der Waals surface area contributed by atoms with E-state index in [-0.39, 0.29) is 23.7 Å². The number of nitrogens with zero attached hydrogens (tertiary/aromatic N) is 1. The third-order valence-corrected chi connectivity index (χ3v) is 6.79. The first-order chi connectivity index (χ1) is 17.0. The highest BCUT2D eigenvalue weighted by Gasteiger charge is 2.20. The van der Waals surface area contributed by atoms with E-state index in [1.54, 1.807) is 24.3 Å². The molecule has 3 rings (SSSR count). The molecule has 4 nitrogen and oxygen atoms in total. The van der Waals surface area contributed by atoms with Crippen LogP contribution in [0.5, 0.6) is 0 Å². The van der Waals surface area contributed by atoms with Crippen molar-refractivity contribution in [1.82, 2.24) is 4.90 Å². The first-order valence-electron chi connectivity index (χ1n) is 13.1. The number of benzene rings is 2. The highest BCUT2D eigenvalue weighted by Crippen LogP contribution is 2.27. The number of ether oxygens (including phenoxy) is 2. The quantitative estimate of drug-likeness (QED) is 0.220. The van der Waals surface area contributed by atoms with E-state index in [2.05, 4.69) is 4.90 Å².